The fraction of sp³-hybridized carbons (Fsp3) is 0.389. The Hall–Kier alpha value is -3.03. The number of aromatic amines is 1. The fourth-order valence-electron chi connectivity index (χ4n) is 3.57. The first-order valence-corrected chi connectivity index (χ1v) is 8.67. The monoisotopic (exact) mass is 352 g/mol. The number of carbonyl (C=O) groups excluding carboxylic acids is 1. The van der Waals surface area contributed by atoms with E-state index in [1.807, 2.05) is 30.9 Å². The SMILES string of the molecule is Cc1noc(C)c1[C@@H]1CCCN1C(=O)Cc1nc(-c2cccnc2)n[nH]1. The number of likely N-dealkylation sites (tertiary alicyclic amines) is 1. The Morgan fingerprint density at radius 2 is 2.31 bits per heavy atom. The van der Waals surface area contributed by atoms with Gasteiger partial charge in [0.15, 0.2) is 5.82 Å². The van der Waals surface area contributed by atoms with Crippen LogP contribution < -0.4 is 0 Å². The molecule has 0 bridgehead atoms. The summed E-state index contributed by atoms with van der Waals surface area (Å²) < 4.78 is 5.28. The lowest BCUT2D eigenvalue weighted by Gasteiger charge is -2.24. The molecular formula is C18H20N6O2. The molecular weight excluding hydrogens is 332 g/mol. The maximum atomic E-state index is 12.9. The average molecular weight is 352 g/mol. The van der Waals surface area contributed by atoms with Crippen molar-refractivity contribution in [2.24, 2.45) is 0 Å². The number of amides is 1. The van der Waals surface area contributed by atoms with Crippen LogP contribution in [0.1, 0.15) is 41.7 Å². The standard InChI is InChI=1S/C18H20N6O2/c1-11-17(12(2)26-23-11)14-6-4-8-24(14)16(25)9-15-20-18(22-21-15)13-5-3-7-19-10-13/h3,5,7,10,14H,4,6,8-9H2,1-2H3,(H,20,21,22)/t14-/m0/s1. The maximum Gasteiger partial charge on any atom is 0.230 e. The van der Waals surface area contributed by atoms with Gasteiger partial charge in [0.2, 0.25) is 5.91 Å². The third-order valence-corrected chi connectivity index (χ3v) is 4.77. The molecule has 1 aliphatic heterocycles. The van der Waals surface area contributed by atoms with Gasteiger partial charge < -0.3 is 9.42 Å². The normalized spacial score (nSPS) is 17.0. The van der Waals surface area contributed by atoms with E-state index in [0.29, 0.717) is 11.6 Å². The van der Waals surface area contributed by atoms with Gasteiger partial charge in [0.1, 0.15) is 11.6 Å². The first-order valence-electron chi connectivity index (χ1n) is 8.67. The first kappa shape index (κ1) is 16.4. The lowest BCUT2D eigenvalue weighted by atomic mass is 10.0. The van der Waals surface area contributed by atoms with Gasteiger partial charge in [-0.1, -0.05) is 5.16 Å². The van der Waals surface area contributed by atoms with Crippen LogP contribution in [-0.2, 0) is 11.2 Å². The minimum Gasteiger partial charge on any atom is -0.361 e. The Kier molecular flexibility index (Phi) is 4.24. The van der Waals surface area contributed by atoms with Crippen molar-refractivity contribution in [1.29, 1.82) is 0 Å². The summed E-state index contributed by atoms with van der Waals surface area (Å²) in [5.41, 5.74) is 2.70. The summed E-state index contributed by atoms with van der Waals surface area (Å²) in [6.07, 6.45) is 5.47. The highest BCUT2D eigenvalue weighted by Gasteiger charge is 2.34. The zero-order valence-electron chi connectivity index (χ0n) is 14.8. The lowest BCUT2D eigenvalue weighted by Crippen LogP contribution is -2.32. The van der Waals surface area contributed by atoms with Gasteiger partial charge in [-0.15, -0.1) is 0 Å². The predicted molar refractivity (Wildman–Crippen MR) is 93.0 cm³/mol. The molecule has 1 fully saturated rings. The molecule has 134 valence electrons. The van der Waals surface area contributed by atoms with Gasteiger partial charge in [-0.25, -0.2) is 4.98 Å². The number of nitrogens with zero attached hydrogens (tertiary/aromatic N) is 5. The second-order valence-corrected chi connectivity index (χ2v) is 6.51. The van der Waals surface area contributed by atoms with Crippen LogP contribution in [0.4, 0.5) is 0 Å². The van der Waals surface area contributed by atoms with Crippen LogP contribution in [0.5, 0.6) is 0 Å². The molecule has 26 heavy (non-hydrogen) atoms. The predicted octanol–water partition coefficient (Wildman–Crippen LogP) is 2.38. The van der Waals surface area contributed by atoms with Gasteiger partial charge in [-0.2, -0.15) is 5.10 Å². The van der Waals surface area contributed by atoms with E-state index < -0.39 is 0 Å². The number of aromatic nitrogens is 5. The van der Waals surface area contributed by atoms with E-state index in [1.54, 1.807) is 12.4 Å². The minimum atomic E-state index is 0.0227. The number of nitrogens with one attached hydrogen (secondary N) is 1. The third-order valence-electron chi connectivity index (χ3n) is 4.77. The fourth-order valence-corrected chi connectivity index (χ4v) is 3.57. The van der Waals surface area contributed by atoms with Crippen molar-refractivity contribution in [3.63, 3.8) is 0 Å². The van der Waals surface area contributed by atoms with E-state index in [0.717, 1.165) is 42.0 Å². The third kappa shape index (κ3) is 2.98. The molecule has 0 spiro atoms. The number of carbonyl (C=O) groups is 1. The van der Waals surface area contributed by atoms with Crippen LogP contribution in [0, 0.1) is 13.8 Å². The molecule has 1 N–H and O–H groups in total. The summed E-state index contributed by atoms with van der Waals surface area (Å²) in [6.45, 7) is 4.55. The van der Waals surface area contributed by atoms with Crippen LogP contribution in [0.2, 0.25) is 0 Å². The Labute approximate surface area is 150 Å². The molecule has 4 heterocycles. The molecule has 0 unspecified atom stereocenters. The van der Waals surface area contributed by atoms with Crippen molar-refractivity contribution in [3.05, 3.63) is 47.4 Å². The largest absolute Gasteiger partial charge is 0.361 e. The Morgan fingerprint density at radius 3 is 3.04 bits per heavy atom. The highest BCUT2D eigenvalue weighted by atomic mass is 16.5. The molecule has 1 atom stereocenters. The van der Waals surface area contributed by atoms with Crippen LogP contribution in [-0.4, -0.2) is 42.7 Å². The topological polar surface area (TPSA) is 101 Å². The summed E-state index contributed by atoms with van der Waals surface area (Å²) in [6, 6.07) is 3.74. The van der Waals surface area contributed by atoms with Crippen molar-refractivity contribution in [3.8, 4) is 11.4 Å². The van der Waals surface area contributed by atoms with Gasteiger partial charge >= 0.3 is 0 Å². The van der Waals surface area contributed by atoms with Crippen molar-refractivity contribution in [1.82, 2.24) is 30.2 Å². The van der Waals surface area contributed by atoms with E-state index in [9.17, 15) is 4.79 Å². The summed E-state index contributed by atoms with van der Waals surface area (Å²) in [7, 11) is 0. The van der Waals surface area contributed by atoms with E-state index in [1.165, 1.54) is 0 Å². The van der Waals surface area contributed by atoms with E-state index >= 15 is 0 Å². The molecule has 0 aromatic carbocycles. The van der Waals surface area contributed by atoms with Gasteiger partial charge in [0.25, 0.3) is 0 Å². The van der Waals surface area contributed by atoms with Crippen molar-refractivity contribution >= 4 is 5.91 Å². The number of rotatable bonds is 4. The molecule has 1 aliphatic rings. The molecule has 8 nitrogen and oxygen atoms in total. The Morgan fingerprint density at radius 1 is 1.42 bits per heavy atom. The molecule has 3 aromatic heterocycles. The number of hydrogen-bond donors (Lipinski definition) is 1. The molecule has 1 amide bonds. The summed E-state index contributed by atoms with van der Waals surface area (Å²) >= 11 is 0. The van der Waals surface area contributed by atoms with Gasteiger partial charge in [0, 0.05) is 30.1 Å². The second kappa shape index (κ2) is 6.70. The van der Waals surface area contributed by atoms with E-state index in [4.69, 9.17) is 4.52 Å². The van der Waals surface area contributed by atoms with Gasteiger partial charge in [0.05, 0.1) is 18.2 Å². The quantitative estimate of drug-likeness (QED) is 0.774. The van der Waals surface area contributed by atoms with Crippen LogP contribution >= 0.6 is 0 Å². The molecule has 1 saturated heterocycles. The number of H-pyrrole nitrogens is 1. The summed E-state index contributed by atoms with van der Waals surface area (Å²) in [5.74, 6) is 1.91. The molecule has 0 radical (unpaired) electrons. The number of aryl methyl sites for hydroxylation is 2. The first-order chi connectivity index (χ1) is 12.6. The van der Waals surface area contributed by atoms with Crippen LogP contribution in [0.15, 0.2) is 29.0 Å². The molecule has 0 aliphatic carbocycles. The van der Waals surface area contributed by atoms with Crippen LogP contribution in [0.3, 0.4) is 0 Å². The molecule has 3 aromatic rings. The summed E-state index contributed by atoms with van der Waals surface area (Å²) in [5, 5.41) is 11.1. The Bertz CT molecular complexity index is 897. The minimum absolute atomic E-state index is 0.0227. The van der Waals surface area contributed by atoms with E-state index in [-0.39, 0.29) is 18.4 Å². The zero-order chi connectivity index (χ0) is 18.1. The average Bonchev–Trinajstić information content (AvgIpc) is 3.36. The zero-order valence-corrected chi connectivity index (χ0v) is 14.8. The lowest BCUT2D eigenvalue weighted by molar-refractivity contribution is -0.131. The van der Waals surface area contributed by atoms with Gasteiger partial charge in [-0.05, 0) is 38.8 Å². The second-order valence-electron chi connectivity index (χ2n) is 6.51. The Balaban J connectivity index is 1.50. The highest BCUT2D eigenvalue weighted by Crippen LogP contribution is 2.35. The number of hydrogen-bond acceptors (Lipinski definition) is 6. The molecule has 8 heteroatoms. The smallest absolute Gasteiger partial charge is 0.230 e. The molecule has 0 saturated carbocycles. The van der Waals surface area contributed by atoms with Gasteiger partial charge in [-0.3, -0.25) is 14.9 Å². The van der Waals surface area contributed by atoms with Crippen LogP contribution in [0.25, 0.3) is 11.4 Å². The summed E-state index contributed by atoms with van der Waals surface area (Å²) in [4.78, 5) is 23.3. The van der Waals surface area contributed by atoms with Crippen molar-refractivity contribution in [2.45, 2.75) is 39.2 Å². The van der Waals surface area contributed by atoms with Crippen molar-refractivity contribution in [2.75, 3.05) is 6.54 Å². The molecule has 4 rings (SSSR count). The van der Waals surface area contributed by atoms with Crippen molar-refractivity contribution < 1.29 is 9.32 Å². The highest BCUT2D eigenvalue weighted by molar-refractivity contribution is 5.79. The van der Waals surface area contributed by atoms with E-state index in [2.05, 4.69) is 25.3 Å². The number of pyridine rings is 1. The maximum absolute atomic E-state index is 12.9.